The van der Waals surface area contributed by atoms with Crippen LogP contribution in [-0.4, -0.2) is 34.8 Å². The molecular weight excluding hydrogens is 216 g/mol. The highest BCUT2D eigenvalue weighted by Gasteiger charge is 2.16. The quantitative estimate of drug-likeness (QED) is 0.797. The van der Waals surface area contributed by atoms with Gasteiger partial charge in [-0.25, -0.2) is 0 Å². The van der Waals surface area contributed by atoms with E-state index in [1.807, 2.05) is 19.9 Å². The van der Waals surface area contributed by atoms with Gasteiger partial charge in [-0.1, -0.05) is 0 Å². The third-order valence-electron chi connectivity index (χ3n) is 3.10. The lowest BCUT2D eigenvalue weighted by molar-refractivity contribution is -0.122. The lowest BCUT2D eigenvalue weighted by Gasteiger charge is -2.23. The molecule has 0 aromatic carbocycles. The molecule has 0 atom stereocenters. The van der Waals surface area contributed by atoms with Crippen LogP contribution in [0, 0.1) is 13.8 Å². The van der Waals surface area contributed by atoms with E-state index in [1.54, 1.807) is 4.68 Å². The predicted molar refractivity (Wildman–Crippen MR) is 65.7 cm³/mol. The van der Waals surface area contributed by atoms with E-state index in [1.165, 1.54) is 0 Å². The molecule has 17 heavy (non-hydrogen) atoms. The summed E-state index contributed by atoms with van der Waals surface area (Å²) in [6, 6.07) is 2.30. The monoisotopic (exact) mass is 236 g/mol. The number of carbonyl (C=O) groups excluding carboxylic acids is 1. The molecule has 0 unspecified atom stereocenters. The van der Waals surface area contributed by atoms with Crippen LogP contribution in [0.4, 0.5) is 0 Å². The first kappa shape index (κ1) is 12.1. The van der Waals surface area contributed by atoms with Crippen LogP contribution in [0.1, 0.15) is 24.2 Å². The Labute approximate surface area is 102 Å². The third-order valence-corrected chi connectivity index (χ3v) is 3.10. The molecule has 1 fully saturated rings. The van der Waals surface area contributed by atoms with Gasteiger partial charge in [-0.05, 0) is 45.8 Å². The normalized spacial score (nSPS) is 17.1. The third kappa shape index (κ3) is 3.30. The van der Waals surface area contributed by atoms with Crippen molar-refractivity contribution in [1.82, 2.24) is 20.4 Å². The van der Waals surface area contributed by atoms with E-state index >= 15 is 0 Å². The summed E-state index contributed by atoms with van der Waals surface area (Å²) in [5, 5.41) is 10.6. The van der Waals surface area contributed by atoms with Gasteiger partial charge in [0.2, 0.25) is 5.91 Å². The maximum absolute atomic E-state index is 11.8. The van der Waals surface area contributed by atoms with Crippen LogP contribution in [0.3, 0.4) is 0 Å². The first-order chi connectivity index (χ1) is 8.15. The molecule has 0 saturated carbocycles. The van der Waals surface area contributed by atoms with E-state index in [-0.39, 0.29) is 5.91 Å². The fourth-order valence-corrected chi connectivity index (χ4v) is 2.21. The highest BCUT2D eigenvalue weighted by Crippen LogP contribution is 2.04. The molecule has 0 radical (unpaired) electrons. The number of aryl methyl sites for hydroxylation is 2. The second-order valence-electron chi connectivity index (χ2n) is 4.68. The van der Waals surface area contributed by atoms with E-state index < -0.39 is 0 Å². The molecule has 2 rings (SSSR count). The highest BCUT2D eigenvalue weighted by atomic mass is 16.2. The Morgan fingerprint density at radius 1 is 1.53 bits per heavy atom. The summed E-state index contributed by atoms with van der Waals surface area (Å²) >= 11 is 0. The van der Waals surface area contributed by atoms with Gasteiger partial charge in [0.15, 0.2) is 0 Å². The number of aromatic nitrogens is 2. The summed E-state index contributed by atoms with van der Waals surface area (Å²) in [5.74, 6) is 0.0584. The van der Waals surface area contributed by atoms with Crippen molar-refractivity contribution in [3.05, 3.63) is 17.5 Å². The second kappa shape index (κ2) is 5.31. The molecule has 1 aliphatic rings. The number of piperidine rings is 1. The number of amides is 1. The molecule has 5 nitrogen and oxygen atoms in total. The molecular formula is C12H20N4O. The minimum absolute atomic E-state index is 0.0584. The van der Waals surface area contributed by atoms with Crippen LogP contribution < -0.4 is 10.6 Å². The molecule has 1 saturated heterocycles. The fourth-order valence-electron chi connectivity index (χ4n) is 2.21. The van der Waals surface area contributed by atoms with Crippen molar-refractivity contribution in [2.24, 2.45) is 0 Å². The summed E-state index contributed by atoms with van der Waals surface area (Å²) in [7, 11) is 0. The first-order valence-corrected chi connectivity index (χ1v) is 6.16. The number of carbonyl (C=O) groups is 1. The van der Waals surface area contributed by atoms with Crippen molar-refractivity contribution in [2.45, 2.75) is 39.3 Å². The van der Waals surface area contributed by atoms with Gasteiger partial charge in [-0.2, -0.15) is 5.10 Å². The zero-order valence-corrected chi connectivity index (χ0v) is 10.5. The molecule has 0 bridgehead atoms. The lowest BCUT2D eigenvalue weighted by Crippen LogP contribution is -2.43. The standard InChI is InChI=1S/C12H20N4O/c1-9-7-10(2)16(15-9)8-12(17)14-11-3-5-13-6-4-11/h7,11,13H,3-6,8H2,1-2H3,(H,14,17). The van der Waals surface area contributed by atoms with E-state index in [4.69, 9.17) is 0 Å². The number of hydrogen-bond donors (Lipinski definition) is 2. The summed E-state index contributed by atoms with van der Waals surface area (Å²) in [5.41, 5.74) is 1.99. The van der Waals surface area contributed by atoms with Crippen LogP contribution in [0.2, 0.25) is 0 Å². The van der Waals surface area contributed by atoms with Gasteiger partial charge in [-0.3, -0.25) is 9.48 Å². The van der Waals surface area contributed by atoms with E-state index in [0.717, 1.165) is 37.3 Å². The Hall–Kier alpha value is -1.36. The van der Waals surface area contributed by atoms with Gasteiger partial charge in [-0.15, -0.1) is 0 Å². The Morgan fingerprint density at radius 2 is 2.24 bits per heavy atom. The maximum Gasteiger partial charge on any atom is 0.241 e. The van der Waals surface area contributed by atoms with Crippen LogP contribution in [-0.2, 0) is 11.3 Å². The lowest BCUT2D eigenvalue weighted by atomic mass is 10.1. The molecule has 1 aromatic rings. The zero-order chi connectivity index (χ0) is 12.3. The van der Waals surface area contributed by atoms with Crippen LogP contribution >= 0.6 is 0 Å². The first-order valence-electron chi connectivity index (χ1n) is 6.16. The van der Waals surface area contributed by atoms with Gasteiger partial charge in [0.1, 0.15) is 6.54 Å². The topological polar surface area (TPSA) is 59.0 Å². The van der Waals surface area contributed by atoms with E-state index in [9.17, 15) is 4.79 Å². The van der Waals surface area contributed by atoms with Crippen LogP contribution in [0.25, 0.3) is 0 Å². The molecule has 1 aromatic heterocycles. The van der Waals surface area contributed by atoms with Gasteiger partial charge < -0.3 is 10.6 Å². The average molecular weight is 236 g/mol. The number of nitrogens with zero attached hydrogens (tertiary/aromatic N) is 2. The van der Waals surface area contributed by atoms with Crippen molar-refractivity contribution < 1.29 is 4.79 Å². The van der Waals surface area contributed by atoms with E-state index in [0.29, 0.717) is 12.6 Å². The van der Waals surface area contributed by atoms with Gasteiger partial charge >= 0.3 is 0 Å². The van der Waals surface area contributed by atoms with Crippen LogP contribution in [0.15, 0.2) is 6.07 Å². The summed E-state index contributed by atoms with van der Waals surface area (Å²) in [6.45, 7) is 6.21. The van der Waals surface area contributed by atoms with Crippen molar-refractivity contribution >= 4 is 5.91 Å². The SMILES string of the molecule is Cc1cc(C)n(CC(=O)NC2CCNCC2)n1. The van der Waals surface area contributed by atoms with Crippen molar-refractivity contribution in [3.63, 3.8) is 0 Å². The average Bonchev–Trinajstić information content (AvgIpc) is 2.58. The predicted octanol–water partition coefficient (Wildman–Crippen LogP) is 0.368. The Kier molecular flexibility index (Phi) is 3.78. The summed E-state index contributed by atoms with van der Waals surface area (Å²) in [4.78, 5) is 11.8. The summed E-state index contributed by atoms with van der Waals surface area (Å²) < 4.78 is 1.76. The number of nitrogens with one attached hydrogen (secondary N) is 2. The Morgan fingerprint density at radius 3 is 2.82 bits per heavy atom. The number of rotatable bonds is 3. The zero-order valence-electron chi connectivity index (χ0n) is 10.5. The maximum atomic E-state index is 11.8. The molecule has 0 spiro atoms. The molecule has 0 aliphatic carbocycles. The molecule has 5 heteroatoms. The summed E-state index contributed by atoms with van der Waals surface area (Å²) in [6.07, 6.45) is 2.03. The fraction of sp³-hybridized carbons (Fsp3) is 0.667. The highest BCUT2D eigenvalue weighted by molar-refractivity contribution is 5.76. The Balaban J connectivity index is 1.86. The number of hydrogen-bond acceptors (Lipinski definition) is 3. The second-order valence-corrected chi connectivity index (χ2v) is 4.68. The van der Waals surface area contributed by atoms with E-state index in [2.05, 4.69) is 15.7 Å². The molecule has 1 aliphatic heterocycles. The minimum Gasteiger partial charge on any atom is -0.352 e. The Bertz CT molecular complexity index is 393. The smallest absolute Gasteiger partial charge is 0.241 e. The molecule has 2 N–H and O–H groups in total. The van der Waals surface area contributed by atoms with Gasteiger partial charge in [0.25, 0.3) is 0 Å². The van der Waals surface area contributed by atoms with Crippen LogP contribution in [0.5, 0.6) is 0 Å². The molecule has 94 valence electrons. The largest absolute Gasteiger partial charge is 0.352 e. The van der Waals surface area contributed by atoms with Crippen molar-refractivity contribution in [3.8, 4) is 0 Å². The van der Waals surface area contributed by atoms with Gasteiger partial charge in [0, 0.05) is 11.7 Å². The van der Waals surface area contributed by atoms with Crippen molar-refractivity contribution in [2.75, 3.05) is 13.1 Å². The molecule has 2 heterocycles. The molecule has 1 amide bonds. The van der Waals surface area contributed by atoms with Gasteiger partial charge in [0.05, 0.1) is 5.69 Å². The van der Waals surface area contributed by atoms with Crippen molar-refractivity contribution in [1.29, 1.82) is 0 Å². The minimum atomic E-state index is 0.0584.